The summed E-state index contributed by atoms with van der Waals surface area (Å²) in [7, 11) is 1.60. The van der Waals surface area contributed by atoms with Gasteiger partial charge in [0.05, 0.1) is 13.2 Å². The number of nitrogens with one attached hydrogen (secondary N) is 1. The highest BCUT2D eigenvalue weighted by Gasteiger charge is 2.47. The number of carbonyl (C=O) groups is 1. The first-order valence-electron chi connectivity index (χ1n) is 9.01. The molecule has 0 radical (unpaired) electrons. The maximum atomic E-state index is 12.5. The van der Waals surface area contributed by atoms with Gasteiger partial charge in [-0.3, -0.25) is 9.69 Å². The van der Waals surface area contributed by atoms with Crippen molar-refractivity contribution in [3.63, 3.8) is 0 Å². The van der Waals surface area contributed by atoms with Crippen LogP contribution in [0.2, 0.25) is 0 Å². The molecule has 138 valence electrons. The van der Waals surface area contributed by atoms with Gasteiger partial charge in [-0.1, -0.05) is 0 Å². The topological polar surface area (TPSA) is 60.0 Å². The molecule has 2 fully saturated rings. The zero-order valence-electron chi connectivity index (χ0n) is 15.1. The summed E-state index contributed by atoms with van der Waals surface area (Å²) in [5.74, 6) is 1.04. The lowest BCUT2D eigenvalue weighted by Crippen LogP contribution is -2.44. The molecule has 1 aromatic carbocycles. The fourth-order valence-corrected chi connectivity index (χ4v) is 3.09. The van der Waals surface area contributed by atoms with Gasteiger partial charge in [0.2, 0.25) is 0 Å². The molecule has 1 aliphatic heterocycles. The zero-order valence-corrected chi connectivity index (χ0v) is 15.1. The van der Waals surface area contributed by atoms with Crippen molar-refractivity contribution in [1.29, 1.82) is 0 Å². The van der Waals surface area contributed by atoms with Crippen LogP contribution >= 0.6 is 0 Å². The molecule has 1 amide bonds. The van der Waals surface area contributed by atoms with Crippen LogP contribution in [0.3, 0.4) is 0 Å². The lowest BCUT2D eigenvalue weighted by Gasteiger charge is -2.27. The number of rotatable bonds is 8. The van der Waals surface area contributed by atoms with E-state index in [1.54, 1.807) is 7.11 Å². The summed E-state index contributed by atoms with van der Waals surface area (Å²) in [4.78, 5) is 14.8. The third-order valence-electron chi connectivity index (χ3n) is 5.12. The van der Waals surface area contributed by atoms with E-state index in [-0.39, 0.29) is 5.91 Å². The van der Waals surface area contributed by atoms with Crippen molar-refractivity contribution in [3.05, 3.63) is 24.3 Å². The van der Waals surface area contributed by atoms with Gasteiger partial charge in [0.25, 0.3) is 5.91 Å². The molecule has 6 heteroatoms. The maximum Gasteiger partial charge on any atom is 0.256 e. The molecule has 1 heterocycles. The van der Waals surface area contributed by atoms with Crippen LogP contribution < -0.4 is 10.1 Å². The van der Waals surface area contributed by atoms with Crippen LogP contribution in [0.1, 0.15) is 19.8 Å². The van der Waals surface area contributed by atoms with Crippen LogP contribution in [0.25, 0.3) is 0 Å². The van der Waals surface area contributed by atoms with Gasteiger partial charge in [-0.15, -0.1) is 0 Å². The fourth-order valence-electron chi connectivity index (χ4n) is 3.09. The molecule has 1 saturated heterocycles. The predicted molar refractivity (Wildman–Crippen MR) is 96.0 cm³/mol. The Bertz CT molecular complexity index is 567. The first-order chi connectivity index (χ1) is 12.1. The van der Waals surface area contributed by atoms with Gasteiger partial charge in [-0.05, 0) is 49.9 Å². The van der Waals surface area contributed by atoms with E-state index in [0.717, 1.165) is 57.1 Å². The summed E-state index contributed by atoms with van der Waals surface area (Å²) in [6, 6.07) is 7.50. The lowest BCUT2D eigenvalue weighted by molar-refractivity contribution is -0.138. The summed E-state index contributed by atoms with van der Waals surface area (Å²) < 4.78 is 16.6. The van der Waals surface area contributed by atoms with Gasteiger partial charge in [0, 0.05) is 32.4 Å². The summed E-state index contributed by atoms with van der Waals surface area (Å²) in [6.07, 6.45) is 2.10. The number of amides is 1. The molecule has 1 N–H and O–H groups in total. The number of benzene rings is 1. The molecule has 3 rings (SSSR count). The van der Waals surface area contributed by atoms with Crippen LogP contribution in [0.15, 0.2) is 24.3 Å². The highest BCUT2D eigenvalue weighted by Crippen LogP contribution is 2.42. The van der Waals surface area contributed by atoms with Gasteiger partial charge in [0.1, 0.15) is 18.0 Å². The largest absolute Gasteiger partial charge is 0.492 e. The number of anilines is 1. The van der Waals surface area contributed by atoms with E-state index >= 15 is 0 Å². The molecular weight excluding hydrogens is 320 g/mol. The number of methoxy groups -OCH3 is 1. The highest BCUT2D eigenvalue weighted by atomic mass is 16.5. The minimum Gasteiger partial charge on any atom is -0.492 e. The van der Waals surface area contributed by atoms with Crippen LogP contribution in [0.5, 0.6) is 5.75 Å². The Morgan fingerprint density at radius 2 is 1.96 bits per heavy atom. The van der Waals surface area contributed by atoms with Crippen LogP contribution in [-0.2, 0) is 14.3 Å². The molecule has 1 saturated carbocycles. The first kappa shape index (κ1) is 18.2. The number of morpholine rings is 1. The predicted octanol–water partition coefficient (Wildman–Crippen LogP) is 2.15. The molecule has 1 atom stereocenters. The van der Waals surface area contributed by atoms with E-state index in [1.165, 1.54) is 0 Å². The van der Waals surface area contributed by atoms with Crippen LogP contribution in [0.4, 0.5) is 5.69 Å². The summed E-state index contributed by atoms with van der Waals surface area (Å²) in [6.45, 7) is 6.94. The van der Waals surface area contributed by atoms with Crippen molar-refractivity contribution >= 4 is 11.6 Å². The van der Waals surface area contributed by atoms with Crippen molar-refractivity contribution < 1.29 is 19.0 Å². The Hall–Kier alpha value is -1.63. The van der Waals surface area contributed by atoms with E-state index in [1.807, 2.05) is 31.2 Å². The Labute approximate surface area is 149 Å². The first-order valence-corrected chi connectivity index (χ1v) is 9.01. The quantitative estimate of drug-likeness (QED) is 0.780. The molecule has 0 aromatic heterocycles. The molecule has 2 aliphatic rings. The van der Waals surface area contributed by atoms with Crippen molar-refractivity contribution in [2.45, 2.75) is 25.4 Å². The normalized spacial score (nSPS) is 20.7. The van der Waals surface area contributed by atoms with E-state index in [4.69, 9.17) is 14.2 Å². The number of hydrogen-bond donors (Lipinski definition) is 1. The molecule has 1 unspecified atom stereocenters. The van der Waals surface area contributed by atoms with Crippen molar-refractivity contribution in [1.82, 2.24) is 4.90 Å². The second kappa shape index (κ2) is 8.17. The van der Waals surface area contributed by atoms with E-state index < -0.39 is 5.60 Å². The fraction of sp³-hybridized carbons (Fsp3) is 0.632. The van der Waals surface area contributed by atoms with Crippen molar-refractivity contribution in [2.24, 2.45) is 5.92 Å². The Morgan fingerprint density at radius 3 is 2.56 bits per heavy atom. The second-order valence-corrected chi connectivity index (χ2v) is 6.87. The Morgan fingerprint density at radius 1 is 1.28 bits per heavy atom. The number of ether oxygens (including phenoxy) is 3. The molecular formula is C19H28N2O4. The smallest absolute Gasteiger partial charge is 0.256 e. The average Bonchev–Trinajstić information content (AvgIpc) is 3.49. The van der Waals surface area contributed by atoms with E-state index in [0.29, 0.717) is 12.5 Å². The van der Waals surface area contributed by atoms with Gasteiger partial charge < -0.3 is 19.5 Å². The molecule has 0 spiro atoms. The summed E-state index contributed by atoms with van der Waals surface area (Å²) >= 11 is 0. The van der Waals surface area contributed by atoms with Crippen molar-refractivity contribution in [2.75, 3.05) is 51.9 Å². The maximum absolute atomic E-state index is 12.5. The Balaban J connectivity index is 1.46. The van der Waals surface area contributed by atoms with Gasteiger partial charge in [-0.2, -0.15) is 0 Å². The van der Waals surface area contributed by atoms with Gasteiger partial charge >= 0.3 is 0 Å². The molecule has 1 aromatic rings. The zero-order chi connectivity index (χ0) is 17.7. The molecule has 1 aliphatic carbocycles. The molecule has 0 bridgehead atoms. The van der Waals surface area contributed by atoms with Crippen molar-refractivity contribution in [3.8, 4) is 5.75 Å². The van der Waals surface area contributed by atoms with E-state index in [2.05, 4.69) is 10.2 Å². The SMILES string of the molecule is COC(C)(C(=O)Nc1ccc(OCCN2CCOCC2)cc1)C1CC1. The molecule has 6 nitrogen and oxygen atoms in total. The van der Waals surface area contributed by atoms with Gasteiger partial charge in [0.15, 0.2) is 0 Å². The average molecular weight is 348 g/mol. The number of hydrogen-bond acceptors (Lipinski definition) is 5. The second-order valence-electron chi connectivity index (χ2n) is 6.87. The highest BCUT2D eigenvalue weighted by molar-refractivity contribution is 5.97. The lowest BCUT2D eigenvalue weighted by atomic mass is 9.99. The third kappa shape index (κ3) is 4.71. The third-order valence-corrected chi connectivity index (χ3v) is 5.12. The van der Waals surface area contributed by atoms with Gasteiger partial charge in [-0.25, -0.2) is 0 Å². The number of carbonyl (C=O) groups excluding carboxylic acids is 1. The Kier molecular flexibility index (Phi) is 5.93. The van der Waals surface area contributed by atoms with Crippen LogP contribution in [-0.4, -0.2) is 63.0 Å². The molecule has 25 heavy (non-hydrogen) atoms. The number of nitrogens with zero attached hydrogens (tertiary/aromatic N) is 1. The monoisotopic (exact) mass is 348 g/mol. The summed E-state index contributed by atoms with van der Waals surface area (Å²) in [5.41, 5.74) is 0.0160. The minimum atomic E-state index is -0.743. The summed E-state index contributed by atoms with van der Waals surface area (Å²) in [5, 5.41) is 2.95. The van der Waals surface area contributed by atoms with Crippen LogP contribution in [0, 0.1) is 5.92 Å². The standard InChI is InChI=1S/C19H28N2O4/c1-19(23-2,15-3-4-15)18(22)20-16-5-7-17(8-6-16)25-14-11-21-9-12-24-13-10-21/h5-8,15H,3-4,9-14H2,1-2H3,(H,20,22). The van der Waals surface area contributed by atoms with E-state index in [9.17, 15) is 4.79 Å². The minimum absolute atomic E-state index is 0.0847.